The summed E-state index contributed by atoms with van der Waals surface area (Å²) in [6.07, 6.45) is 2.83. The van der Waals surface area contributed by atoms with Gasteiger partial charge in [-0.1, -0.05) is 48.5 Å². The number of nitrogens with zero attached hydrogens (tertiary/aromatic N) is 3. The van der Waals surface area contributed by atoms with Gasteiger partial charge in [0.05, 0.1) is 12.1 Å². The average Bonchev–Trinajstić information content (AvgIpc) is 3.41. The van der Waals surface area contributed by atoms with Crippen molar-refractivity contribution < 1.29 is 4.79 Å². The summed E-state index contributed by atoms with van der Waals surface area (Å²) in [5.74, 6) is 0.0983. The van der Waals surface area contributed by atoms with Gasteiger partial charge in [-0.3, -0.25) is 4.79 Å². The van der Waals surface area contributed by atoms with Crippen molar-refractivity contribution in [1.82, 2.24) is 9.88 Å². The Hall–Kier alpha value is -2.66. The third kappa shape index (κ3) is 4.25. The van der Waals surface area contributed by atoms with Crippen LogP contribution in [-0.2, 0) is 17.8 Å². The van der Waals surface area contributed by atoms with E-state index in [1.54, 1.807) is 11.3 Å². The minimum Gasteiger partial charge on any atom is -0.371 e. The highest BCUT2D eigenvalue weighted by Crippen LogP contribution is 2.26. The molecule has 5 heteroatoms. The number of benzene rings is 2. The third-order valence-electron chi connectivity index (χ3n) is 5.18. The molecule has 144 valence electrons. The summed E-state index contributed by atoms with van der Waals surface area (Å²) in [6.45, 7) is 2.84. The molecule has 2 heterocycles. The van der Waals surface area contributed by atoms with Crippen LogP contribution in [0.3, 0.4) is 0 Å². The lowest BCUT2D eigenvalue weighted by Gasteiger charge is -2.24. The Balaban J connectivity index is 1.41. The molecule has 1 aromatic heterocycles. The molecule has 0 N–H and O–H groups in total. The van der Waals surface area contributed by atoms with E-state index in [-0.39, 0.29) is 5.91 Å². The van der Waals surface area contributed by atoms with Gasteiger partial charge < -0.3 is 9.80 Å². The summed E-state index contributed by atoms with van der Waals surface area (Å²) >= 11 is 1.59. The van der Waals surface area contributed by atoms with E-state index in [9.17, 15) is 4.79 Å². The number of aromatic nitrogens is 1. The SMILES string of the molecule is CN(Cc1ccccc1N1CCCC1)C(=O)Cc1csc(-c2ccccc2)n1. The summed E-state index contributed by atoms with van der Waals surface area (Å²) in [5.41, 5.74) is 4.41. The van der Waals surface area contributed by atoms with E-state index in [0.29, 0.717) is 13.0 Å². The first-order valence-electron chi connectivity index (χ1n) is 9.77. The summed E-state index contributed by atoms with van der Waals surface area (Å²) in [6, 6.07) is 18.5. The minimum absolute atomic E-state index is 0.0983. The van der Waals surface area contributed by atoms with Gasteiger partial charge in [0.1, 0.15) is 5.01 Å². The average molecular weight is 392 g/mol. The lowest BCUT2D eigenvalue weighted by Crippen LogP contribution is -2.29. The summed E-state index contributed by atoms with van der Waals surface area (Å²) in [7, 11) is 1.88. The Morgan fingerprint density at radius 1 is 1.07 bits per heavy atom. The van der Waals surface area contributed by atoms with Crippen LogP contribution in [0, 0.1) is 0 Å². The highest BCUT2D eigenvalue weighted by atomic mass is 32.1. The number of amides is 1. The van der Waals surface area contributed by atoms with Crippen molar-refractivity contribution in [3.8, 4) is 10.6 Å². The molecule has 0 spiro atoms. The van der Waals surface area contributed by atoms with Gasteiger partial charge in [0.25, 0.3) is 0 Å². The number of anilines is 1. The van der Waals surface area contributed by atoms with Crippen LogP contribution in [0.15, 0.2) is 60.0 Å². The Bertz CT molecular complexity index is 932. The molecule has 0 aliphatic carbocycles. The maximum absolute atomic E-state index is 12.8. The number of likely N-dealkylation sites (N-methyl/N-ethyl adjacent to an activating group) is 1. The molecule has 1 aliphatic heterocycles. The van der Waals surface area contributed by atoms with Gasteiger partial charge in [0.2, 0.25) is 5.91 Å². The molecule has 1 fully saturated rings. The van der Waals surface area contributed by atoms with Crippen LogP contribution in [0.4, 0.5) is 5.69 Å². The minimum atomic E-state index is 0.0983. The fourth-order valence-electron chi connectivity index (χ4n) is 3.65. The van der Waals surface area contributed by atoms with Crippen LogP contribution in [0.1, 0.15) is 24.1 Å². The molecule has 4 nitrogen and oxygen atoms in total. The zero-order valence-electron chi connectivity index (χ0n) is 16.2. The Labute approximate surface area is 170 Å². The lowest BCUT2D eigenvalue weighted by atomic mass is 10.1. The van der Waals surface area contributed by atoms with E-state index in [1.165, 1.54) is 24.1 Å². The van der Waals surface area contributed by atoms with E-state index in [1.807, 2.05) is 47.7 Å². The standard InChI is InChI=1S/C23H25N3OS/c1-25(16-19-11-5-6-12-21(19)26-13-7-8-14-26)22(27)15-20-17-28-23(24-20)18-9-3-2-4-10-18/h2-6,9-12,17H,7-8,13-16H2,1H3. The van der Waals surface area contributed by atoms with Gasteiger partial charge in [-0.15, -0.1) is 11.3 Å². The molecule has 0 atom stereocenters. The molecule has 2 aromatic carbocycles. The second kappa shape index (κ2) is 8.57. The number of hydrogen-bond acceptors (Lipinski definition) is 4. The van der Waals surface area contributed by atoms with Crippen LogP contribution >= 0.6 is 11.3 Å². The van der Waals surface area contributed by atoms with Crippen molar-refractivity contribution in [2.24, 2.45) is 0 Å². The van der Waals surface area contributed by atoms with Crippen LogP contribution in [0.25, 0.3) is 10.6 Å². The predicted octanol–water partition coefficient (Wildman–Crippen LogP) is 4.61. The maximum Gasteiger partial charge on any atom is 0.228 e. The Morgan fingerprint density at radius 2 is 1.79 bits per heavy atom. The summed E-state index contributed by atoms with van der Waals surface area (Å²) in [4.78, 5) is 21.7. The van der Waals surface area contributed by atoms with Crippen molar-refractivity contribution in [2.45, 2.75) is 25.8 Å². The number of thiazole rings is 1. The van der Waals surface area contributed by atoms with Gasteiger partial charge in [0.15, 0.2) is 0 Å². The molecule has 0 unspecified atom stereocenters. The Kier molecular flexibility index (Phi) is 5.72. The van der Waals surface area contributed by atoms with Crippen molar-refractivity contribution in [3.05, 3.63) is 71.2 Å². The zero-order chi connectivity index (χ0) is 19.3. The molecule has 4 rings (SSSR count). The van der Waals surface area contributed by atoms with Crippen molar-refractivity contribution in [3.63, 3.8) is 0 Å². The van der Waals surface area contributed by atoms with E-state index >= 15 is 0 Å². The van der Waals surface area contributed by atoms with Crippen molar-refractivity contribution in [2.75, 3.05) is 25.0 Å². The number of carbonyl (C=O) groups excluding carboxylic acids is 1. The predicted molar refractivity (Wildman–Crippen MR) is 116 cm³/mol. The van der Waals surface area contributed by atoms with Gasteiger partial charge in [0, 0.05) is 43.3 Å². The number of para-hydroxylation sites is 1. The smallest absolute Gasteiger partial charge is 0.228 e. The van der Waals surface area contributed by atoms with Crippen molar-refractivity contribution >= 4 is 22.9 Å². The number of carbonyl (C=O) groups is 1. The van der Waals surface area contributed by atoms with Crippen LogP contribution in [-0.4, -0.2) is 35.9 Å². The molecule has 28 heavy (non-hydrogen) atoms. The summed E-state index contributed by atoms with van der Waals surface area (Å²) < 4.78 is 0. The first-order valence-corrected chi connectivity index (χ1v) is 10.7. The molecular weight excluding hydrogens is 366 g/mol. The van der Waals surface area contributed by atoms with Gasteiger partial charge in [-0.05, 0) is 24.5 Å². The molecule has 3 aromatic rings. The molecule has 1 saturated heterocycles. The first-order chi connectivity index (χ1) is 13.7. The van der Waals surface area contributed by atoms with E-state index in [2.05, 4.69) is 34.1 Å². The highest BCUT2D eigenvalue weighted by molar-refractivity contribution is 7.13. The molecule has 0 saturated carbocycles. The van der Waals surface area contributed by atoms with Crippen LogP contribution in [0.5, 0.6) is 0 Å². The monoisotopic (exact) mass is 391 g/mol. The quantitative estimate of drug-likeness (QED) is 0.616. The third-order valence-corrected chi connectivity index (χ3v) is 6.12. The zero-order valence-corrected chi connectivity index (χ0v) is 17.0. The largest absolute Gasteiger partial charge is 0.371 e. The van der Waals surface area contributed by atoms with Gasteiger partial charge in [-0.2, -0.15) is 0 Å². The molecule has 1 amide bonds. The lowest BCUT2D eigenvalue weighted by molar-refractivity contribution is -0.129. The second-order valence-electron chi connectivity index (χ2n) is 7.26. The normalized spacial score (nSPS) is 13.7. The fourth-order valence-corrected chi connectivity index (χ4v) is 4.47. The molecule has 0 radical (unpaired) electrons. The molecule has 1 aliphatic rings. The maximum atomic E-state index is 12.8. The number of hydrogen-bond donors (Lipinski definition) is 0. The van der Waals surface area contributed by atoms with Crippen LogP contribution in [0.2, 0.25) is 0 Å². The fraction of sp³-hybridized carbons (Fsp3) is 0.304. The van der Waals surface area contributed by atoms with Gasteiger partial charge in [-0.25, -0.2) is 4.98 Å². The first kappa shape index (κ1) is 18.7. The summed E-state index contributed by atoms with van der Waals surface area (Å²) in [5, 5.41) is 2.96. The highest BCUT2D eigenvalue weighted by Gasteiger charge is 2.18. The van der Waals surface area contributed by atoms with E-state index in [0.717, 1.165) is 29.4 Å². The van der Waals surface area contributed by atoms with Crippen LogP contribution < -0.4 is 4.90 Å². The molecule has 0 bridgehead atoms. The second-order valence-corrected chi connectivity index (χ2v) is 8.12. The van der Waals surface area contributed by atoms with Gasteiger partial charge >= 0.3 is 0 Å². The molecular formula is C23H25N3OS. The Morgan fingerprint density at radius 3 is 2.57 bits per heavy atom. The topological polar surface area (TPSA) is 36.4 Å². The van der Waals surface area contributed by atoms with E-state index < -0.39 is 0 Å². The van der Waals surface area contributed by atoms with E-state index in [4.69, 9.17) is 0 Å². The van der Waals surface area contributed by atoms with Crippen molar-refractivity contribution in [1.29, 1.82) is 0 Å². The number of rotatable bonds is 6.